The number of hydrogen-bond acceptors (Lipinski definition) is 3. The predicted octanol–water partition coefficient (Wildman–Crippen LogP) is 6.68. The van der Waals surface area contributed by atoms with Gasteiger partial charge in [-0.25, -0.2) is 0 Å². The molecule has 0 amide bonds. The fourth-order valence-electron chi connectivity index (χ4n) is 2.40. The van der Waals surface area contributed by atoms with Gasteiger partial charge in [-0.1, -0.05) is 47.6 Å². The van der Waals surface area contributed by atoms with E-state index in [2.05, 4.69) is 98.1 Å². The Labute approximate surface area is 163 Å². The molecule has 5 heteroatoms. The van der Waals surface area contributed by atoms with E-state index < -0.39 is 16.6 Å². The van der Waals surface area contributed by atoms with Crippen molar-refractivity contribution in [2.24, 2.45) is 5.16 Å². The van der Waals surface area contributed by atoms with Crippen LogP contribution in [0.2, 0.25) is 39.3 Å². The highest BCUT2D eigenvalue weighted by molar-refractivity contribution is 6.70. The Morgan fingerprint density at radius 1 is 0.808 bits per heavy atom. The Balaban J connectivity index is 3.64. The maximum Gasteiger partial charge on any atom is 0.278 e. The Morgan fingerprint density at radius 2 is 1.35 bits per heavy atom. The van der Waals surface area contributed by atoms with Gasteiger partial charge in [0.25, 0.3) is 8.32 Å². The minimum absolute atomic E-state index is 0.0154. The molecule has 0 saturated heterocycles. The molecule has 148 valence electrons. The third kappa shape index (κ3) is 7.27. The van der Waals surface area contributed by atoms with Crippen LogP contribution in [0.1, 0.15) is 58.2 Å². The standard InChI is InChI=1S/C21H39NO2Si2/c1-20(2,3)17-13-16(15-22-24-26(10,11)12)19(23-25(7,8)9)18(14-17)21(4,5)6/h13-15H,1-12H3/b22-15+. The van der Waals surface area contributed by atoms with Crippen LogP contribution >= 0.6 is 0 Å². The van der Waals surface area contributed by atoms with Crippen molar-refractivity contribution in [3.8, 4) is 5.75 Å². The van der Waals surface area contributed by atoms with E-state index in [1.807, 2.05) is 6.21 Å². The second-order valence-electron chi connectivity index (χ2n) is 11.1. The van der Waals surface area contributed by atoms with Gasteiger partial charge in [0, 0.05) is 5.56 Å². The zero-order valence-electron chi connectivity index (χ0n) is 19.0. The molecule has 1 aromatic carbocycles. The molecule has 0 aliphatic heterocycles. The van der Waals surface area contributed by atoms with E-state index in [0.29, 0.717) is 0 Å². The third-order valence-corrected chi connectivity index (χ3v) is 5.19. The minimum Gasteiger partial charge on any atom is -0.544 e. The fraction of sp³-hybridized carbons (Fsp3) is 0.667. The molecule has 0 saturated carbocycles. The summed E-state index contributed by atoms with van der Waals surface area (Å²) in [6, 6.07) is 4.52. The van der Waals surface area contributed by atoms with Gasteiger partial charge in [0.1, 0.15) is 5.75 Å². The molecule has 0 radical (unpaired) electrons. The molecule has 0 heterocycles. The van der Waals surface area contributed by atoms with Crippen LogP contribution in [0, 0.1) is 0 Å². The van der Waals surface area contributed by atoms with Gasteiger partial charge in [0.2, 0.25) is 8.32 Å². The van der Waals surface area contributed by atoms with E-state index in [9.17, 15) is 0 Å². The zero-order valence-corrected chi connectivity index (χ0v) is 21.0. The van der Waals surface area contributed by atoms with Gasteiger partial charge in [-0.2, -0.15) is 0 Å². The number of nitrogens with zero attached hydrogens (tertiary/aromatic N) is 1. The maximum atomic E-state index is 6.54. The van der Waals surface area contributed by atoms with Crippen molar-refractivity contribution in [2.45, 2.75) is 91.7 Å². The Morgan fingerprint density at radius 3 is 1.73 bits per heavy atom. The average Bonchev–Trinajstić information content (AvgIpc) is 2.34. The molecule has 0 atom stereocenters. The van der Waals surface area contributed by atoms with Gasteiger partial charge in [0.15, 0.2) is 0 Å². The van der Waals surface area contributed by atoms with Crippen molar-refractivity contribution in [1.82, 2.24) is 0 Å². The number of rotatable bonds is 5. The summed E-state index contributed by atoms with van der Waals surface area (Å²) in [5, 5.41) is 4.32. The first-order valence-electron chi connectivity index (χ1n) is 9.50. The lowest BCUT2D eigenvalue weighted by molar-refractivity contribution is 0.338. The molecule has 26 heavy (non-hydrogen) atoms. The molecule has 0 bridgehead atoms. The average molecular weight is 394 g/mol. The number of benzene rings is 1. The lowest BCUT2D eigenvalue weighted by Crippen LogP contribution is -2.32. The summed E-state index contributed by atoms with van der Waals surface area (Å²) in [7, 11) is -3.48. The van der Waals surface area contributed by atoms with E-state index in [4.69, 9.17) is 8.95 Å². The summed E-state index contributed by atoms with van der Waals surface area (Å²) < 4.78 is 12.3. The van der Waals surface area contributed by atoms with Crippen molar-refractivity contribution in [3.05, 3.63) is 28.8 Å². The lowest BCUT2D eigenvalue weighted by atomic mass is 9.79. The summed E-state index contributed by atoms with van der Waals surface area (Å²) in [4.78, 5) is 0. The van der Waals surface area contributed by atoms with Crippen LogP contribution in [0.5, 0.6) is 5.75 Å². The molecule has 1 rings (SSSR count). The SMILES string of the molecule is CC(C)(C)c1cc(/C=N/O[Si](C)(C)C)c(O[Si](C)(C)C)c(C(C)(C)C)c1. The van der Waals surface area contributed by atoms with Crippen LogP contribution in [0.3, 0.4) is 0 Å². The summed E-state index contributed by atoms with van der Waals surface area (Å²) in [5.74, 6) is 0.965. The minimum atomic E-state index is -1.77. The second kappa shape index (κ2) is 7.51. The monoisotopic (exact) mass is 393 g/mol. The van der Waals surface area contributed by atoms with Crippen molar-refractivity contribution >= 4 is 22.8 Å². The van der Waals surface area contributed by atoms with E-state index in [1.165, 1.54) is 11.1 Å². The summed E-state index contributed by atoms with van der Waals surface area (Å²) in [6.07, 6.45) is 1.85. The third-order valence-electron chi connectivity index (χ3n) is 3.72. The maximum absolute atomic E-state index is 6.54. The van der Waals surface area contributed by atoms with Gasteiger partial charge in [-0.15, -0.1) is 5.16 Å². The van der Waals surface area contributed by atoms with Crippen LogP contribution in [0.4, 0.5) is 0 Å². The van der Waals surface area contributed by atoms with E-state index in [1.54, 1.807) is 0 Å². The highest BCUT2D eigenvalue weighted by Crippen LogP contribution is 2.39. The molecule has 0 aliphatic carbocycles. The molecule has 0 spiro atoms. The summed E-state index contributed by atoms with van der Waals surface area (Å²) >= 11 is 0. The number of hydrogen-bond donors (Lipinski definition) is 0. The predicted molar refractivity (Wildman–Crippen MR) is 120 cm³/mol. The topological polar surface area (TPSA) is 30.8 Å². The van der Waals surface area contributed by atoms with E-state index in [0.717, 1.165) is 11.3 Å². The molecule has 1 aromatic rings. The van der Waals surface area contributed by atoms with Gasteiger partial charge < -0.3 is 8.95 Å². The zero-order chi connectivity index (χ0) is 20.6. The Kier molecular flexibility index (Phi) is 6.63. The smallest absolute Gasteiger partial charge is 0.278 e. The van der Waals surface area contributed by atoms with Crippen LogP contribution in [0.25, 0.3) is 0 Å². The first-order chi connectivity index (χ1) is 11.4. The molecular weight excluding hydrogens is 354 g/mol. The quantitative estimate of drug-likeness (QED) is 0.317. The summed E-state index contributed by atoms with van der Waals surface area (Å²) in [6.45, 7) is 26.5. The molecule has 3 nitrogen and oxygen atoms in total. The highest BCUT2D eigenvalue weighted by atomic mass is 28.4. The Hall–Kier alpha value is -1.08. The molecule has 0 fully saturated rings. The van der Waals surface area contributed by atoms with Gasteiger partial charge in [0.05, 0.1) is 6.21 Å². The van der Waals surface area contributed by atoms with Crippen molar-refractivity contribution in [2.75, 3.05) is 0 Å². The molecule has 0 unspecified atom stereocenters. The van der Waals surface area contributed by atoms with E-state index >= 15 is 0 Å². The van der Waals surface area contributed by atoms with Crippen LogP contribution in [0.15, 0.2) is 17.3 Å². The molecule has 0 aliphatic rings. The van der Waals surface area contributed by atoms with Crippen LogP contribution in [-0.2, 0) is 15.4 Å². The van der Waals surface area contributed by atoms with Crippen molar-refractivity contribution in [1.29, 1.82) is 0 Å². The van der Waals surface area contributed by atoms with Crippen LogP contribution in [-0.4, -0.2) is 22.8 Å². The molecule has 0 N–H and O–H groups in total. The van der Waals surface area contributed by atoms with Crippen molar-refractivity contribution in [3.63, 3.8) is 0 Å². The first-order valence-corrected chi connectivity index (χ1v) is 16.3. The number of oxime groups is 1. The normalized spacial score (nSPS) is 14.0. The largest absolute Gasteiger partial charge is 0.544 e. The Bertz CT molecular complexity index is 655. The second-order valence-corrected chi connectivity index (χ2v) is 19.9. The van der Waals surface area contributed by atoms with Gasteiger partial charge >= 0.3 is 0 Å². The molecular formula is C21H39NO2Si2. The van der Waals surface area contributed by atoms with E-state index in [-0.39, 0.29) is 10.8 Å². The fourth-order valence-corrected chi connectivity index (χ4v) is 3.61. The lowest BCUT2D eigenvalue weighted by Gasteiger charge is -2.31. The van der Waals surface area contributed by atoms with Gasteiger partial charge in [-0.05, 0) is 67.3 Å². The van der Waals surface area contributed by atoms with Crippen molar-refractivity contribution < 1.29 is 8.95 Å². The first kappa shape index (κ1) is 23.0. The molecule has 0 aromatic heterocycles. The van der Waals surface area contributed by atoms with Crippen LogP contribution < -0.4 is 4.43 Å². The summed E-state index contributed by atoms with van der Waals surface area (Å²) in [5.41, 5.74) is 3.59. The highest BCUT2D eigenvalue weighted by Gasteiger charge is 2.28. The van der Waals surface area contributed by atoms with Gasteiger partial charge in [-0.3, -0.25) is 0 Å².